The van der Waals surface area contributed by atoms with E-state index in [9.17, 15) is 58.3 Å². The zero-order chi connectivity index (χ0) is 32.3. The van der Waals surface area contributed by atoms with Gasteiger partial charge in [-0.1, -0.05) is 6.07 Å². The Hall–Kier alpha value is -4.05. The van der Waals surface area contributed by atoms with E-state index < -0.39 is 97.7 Å². The SMILES string of the molecule is NC(=O)[C@@H](CCC(F)(F)F)[C@@H](CCC(F)(F)F)C(=O)N[C@H]1CN(c2cccc(C(F)(F)F)c2)c2ccc(F)cc2NC1=O. The molecule has 7 nitrogen and oxygen atoms in total. The summed E-state index contributed by atoms with van der Waals surface area (Å²) in [5.74, 6) is -8.90. The van der Waals surface area contributed by atoms with Gasteiger partial charge in [-0.3, -0.25) is 14.4 Å². The Kier molecular flexibility index (Phi) is 9.86. The van der Waals surface area contributed by atoms with Crippen LogP contribution in [-0.2, 0) is 20.6 Å². The van der Waals surface area contributed by atoms with E-state index in [4.69, 9.17) is 5.73 Å². The van der Waals surface area contributed by atoms with Crippen molar-refractivity contribution in [1.29, 1.82) is 0 Å². The van der Waals surface area contributed by atoms with Crippen LogP contribution in [0.15, 0.2) is 42.5 Å². The second-order valence-electron chi connectivity index (χ2n) is 9.79. The first kappa shape index (κ1) is 33.5. The lowest BCUT2D eigenvalue weighted by Gasteiger charge is -2.30. The number of fused-ring (bicyclic) bond motifs is 1. The molecule has 1 aliphatic rings. The van der Waals surface area contributed by atoms with Crippen molar-refractivity contribution in [3.05, 3.63) is 53.8 Å². The Morgan fingerprint density at radius 1 is 0.930 bits per heavy atom. The predicted octanol–water partition coefficient (Wildman–Crippen LogP) is 5.82. The Bertz CT molecular complexity index is 1340. The molecule has 0 unspecified atom stereocenters. The van der Waals surface area contributed by atoms with E-state index in [-0.39, 0.29) is 17.1 Å². The van der Waals surface area contributed by atoms with Crippen LogP contribution < -0.4 is 21.3 Å². The fraction of sp³-hybridized carbons (Fsp3) is 0.423. The number of halogens is 10. The highest BCUT2D eigenvalue weighted by Crippen LogP contribution is 2.38. The molecule has 0 radical (unpaired) electrons. The molecule has 43 heavy (non-hydrogen) atoms. The minimum absolute atomic E-state index is 0.0142. The molecule has 1 aliphatic heterocycles. The monoisotopic (exact) mass is 630 g/mol. The predicted molar refractivity (Wildman–Crippen MR) is 132 cm³/mol. The molecular formula is C26H24F10N4O3. The molecular weight excluding hydrogens is 606 g/mol. The summed E-state index contributed by atoms with van der Waals surface area (Å²) >= 11 is 0. The lowest BCUT2D eigenvalue weighted by atomic mass is 9.83. The van der Waals surface area contributed by atoms with Crippen molar-refractivity contribution < 1.29 is 58.3 Å². The molecule has 4 N–H and O–H groups in total. The maximum absolute atomic E-state index is 14.0. The summed E-state index contributed by atoms with van der Waals surface area (Å²) in [5.41, 5.74) is 3.65. The first-order valence-electron chi connectivity index (χ1n) is 12.5. The highest BCUT2D eigenvalue weighted by molar-refractivity contribution is 6.03. The number of hydrogen-bond donors (Lipinski definition) is 3. The van der Waals surface area contributed by atoms with Crippen molar-refractivity contribution in [3.63, 3.8) is 0 Å². The quantitative estimate of drug-likeness (QED) is 0.304. The van der Waals surface area contributed by atoms with E-state index in [1.807, 2.05) is 0 Å². The highest BCUT2D eigenvalue weighted by Gasteiger charge is 2.41. The van der Waals surface area contributed by atoms with Gasteiger partial charge in [-0.05, 0) is 49.2 Å². The summed E-state index contributed by atoms with van der Waals surface area (Å²) in [5, 5.41) is 4.38. The van der Waals surface area contributed by atoms with Crippen molar-refractivity contribution in [1.82, 2.24) is 5.32 Å². The molecule has 3 atom stereocenters. The van der Waals surface area contributed by atoms with Crippen molar-refractivity contribution >= 4 is 34.8 Å². The minimum atomic E-state index is -4.88. The number of primary amides is 1. The Morgan fingerprint density at radius 2 is 1.53 bits per heavy atom. The topological polar surface area (TPSA) is 105 Å². The van der Waals surface area contributed by atoms with Crippen molar-refractivity contribution in [2.45, 2.75) is 50.3 Å². The molecule has 3 rings (SSSR count). The van der Waals surface area contributed by atoms with E-state index >= 15 is 0 Å². The molecule has 17 heteroatoms. The van der Waals surface area contributed by atoms with E-state index in [0.717, 1.165) is 35.2 Å². The van der Waals surface area contributed by atoms with E-state index in [1.54, 1.807) is 0 Å². The zero-order valence-electron chi connectivity index (χ0n) is 21.8. The van der Waals surface area contributed by atoms with Crippen LogP contribution in [0.4, 0.5) is 61.0 Å². The summed E-state index contributed by atoms with van der Waals surface area (Å²) in [7, 11) is 0. The number of rotatable bonds is 9. The average molecular weight is 630 g/mol. The lowest BCUT2D eigenvalue weighted by molar-refractivity contribution is -0.152. The van der Waals surface area contributed by atoms with E-state index in [0.29, 0.717) is 6.07 Å². The lowest BCUT2D eigenvalue weighted by Crippen LogP contribution is -2.52. The number of anilines is 3. The van der Waals surface area contributed by atoms with Crippen molar-refractivity contribution in [2.75, 3.05) is 16.8 Å². The van der Waals surface area contributed by atoms with Crippen LogP contribution in [0.5, 0.6) is 0 Å². The summed E-state index contributed by atoms with van der Waals surface area (Å²) in [6, 6.07) is 4.87. The second-order valence-corrected chi connectivity index (χ2v) is 9.79. The first-order chi connectivity index (χ1) is 19.7. The fourth-order valence-electron chi connectivity index (χ4n) is 4.61. The number of nitrogens with one attached hydrogen (secondary N) is 2. The summed E-state index contributed by atoms with van der Waals surface area (Å²) < 4.78 is 132. The molecule has 3 amide bonds. The molecule has 0 fully saturated rings. The number of alkyl halides is 9. The van der Waals surface area contributed by atoms with E-state index in [2.05, 4.69) is 10.6 Å². The summed E-state index contributed by atoms with van der Waals surface area (Å²) in [6.07, 6.45) is -20.1. The number of amides is 3. The highest BCUT2D eigenvalue weighted by atomic mass is 19.4. The maximum atomic E-state index is 14.0. The van der Waals surface area contributed by atoms with Crippen molar-refractivity contribution in [3.8, 4) is 0 Å². The number of benzene rings is 2. The van der Waals surface area contributed by atoms with Crippen LogP contribution in [0.25, 0.3) is 0 Å². The third-order valence-corrected chi connectivity index (χ3v) is 6.66. The molecule has 0 saturated carbocycles. The van der Waals surface area contributed by atoms with Crippen LogP contribution in [-0.4, -0.2) is 42.7 Å². The second kappa shape index (κ2) is 12.7. The minimum Gasteiger partial charge on any atom is -0.369 e. The van der Waals surface area contributed by atoms with Crippen molar-refractivity contribution in [2.24, 2.45) is 17.6 Å². The fourth-order valence-corrected chi connectivity index (χ4v) is 4.61. The molecule has 0 aliphatic carbocycles. The Morgan fingerprint density at radius 3 is 2.09 bits per heavy atom. The first-order valence-corrected chi connectivity index (χ1v) is 12.5. The third kappa shape index (κ3) is 9.22. The molecule has 2 aromatic rings. The number of hydrogen-bond acceptors (Lipinski definition) is 4. The molecule has 0 aromatic heterocycles. The van der Waals surface area contributed by atoms with Gasteiger partial charge in [0.25, 0.3) is 0 Å². The van der Waals surface area contributed by atoms with Gasteiger partial charge in [0.15, 0.2) is 0 Å². The third-order valence-electron chi connectivity index (χ3n) is 6.66. The van der Waals surface area contributed by atoms with Gasteiger partial charge < -0.3 is 21.3 Å². The molecule has 0 bridgehead atoms. The number of nitrogens with two attached hydrogens (primary N) is 1. The molecule has 0 spiro atoms. The number of carbonyl (C=O) groups is 3. The summed E-state index contributed by atoms with van der Waals surface area (Å²) in [4.78, 5) is 39.4. The smallest absolute Gasteiger partial charge is 0.369 e. The van der Waals surface area contributed by atoms with Gasteiger partial charge in [-0.2, -0.15) is 39.5 Å². The largest absolute Gasteiger partial charge is 0.416 e. The van der Waals surface area contributed by atoms with Crippen LogP contribution in [0.1, 0.15) is 31.2 Å². The van der Waals surface area contributed by atoms with Crippen LogP contribution in [0, 0.1) is 17.7 Å². The standard InChI is InChI=1S/C26H24F10N4O3/c27-14-4-5-20-18(11-14)38-23(43)19(12-40(20)15-3-1-2-13(10-15)26(34,35)36)39-22(42)17(7-9-25(31,32)33)16(21(37)41)6-8-24(28,29)30/h1-5,10-11,16-17,19H,6-9,12H2,(H2,37,41)(H,38,43)(H,39,42)/t16-,17+,19-/m0/s1. The number of carbonyl (C=O) groups excluding carboxylic acids is 3. The van der Waals surface area contributed by atoms with Gasteiger partial charge in [-0.25, -0.2) is 4.39 Å². The molecule has 2 aromatic carbocycles. The Balaban J connectivity index is 2.00. The molecule has 1 heterocycles. The molecule has 0 saturated heterocycles. The van der Waals surface area contributed by atoms with Gasteiger partial charge in [0, 0.05) is 30.4 Å². The average Bonchev–Trinajstić information content (AvgIpc) is 2.99. The van der Waals surface area contributed by atoms with Gasteiger partial charge in [-0.15, -0.1) is 0 Å². The van der Waals surface area contributed by atoms with Gasteiger partial charge in [0.05, 0.1) is 23.5 Å². The number of nitrogens with zero attached hydrogens (tertiary/aromatic N) is 1. The van der Waals surface area contributed by atoms with Gasteiger partial charge >= 0.3 is 18.5 Å². The normalized spacial score (nSPS) is 17.4. The maximum Gasteiger partial charge on any atom is 0.416 e. The van der Waals surface area contributed by atoms with Gasteiger partial charge in [0.2, 0.25) is 17.7 Å². The van der Waals surface area contributed by atoms with Crippen LogP contribution >= 0.6 is 0 Å². The zero-order valence-corrected chi connectivity index (χ0v) is 21.8. The van der Waals surface area contributed by atoms with Crippen LogP contribution in [0.2, 0.25) is 0 Å². The van der Waals surface area contributed by atoms with Crippen LogP contribution in [0.3, 0.4) is 0 Å². The van der Waals surface area contributed by atoms with E-state index in [1.165, 1.54) is 6.07 Å². The Labute approximate surface area is 237 Å². The summed E-state index contributed by atoms with van der Waals surface area (Å²) in [6.45, 7) is -0.646. The van der Waals surface area contributed by atoms with Gasteiger partial charge in [0.1, 0.15) is 11.9 Å². The molecule has 236 valence electrons.